The Balaban J connectivity index is 2.79. The molecule has 0 aromatic carbocycles. The highest BCUT2D eigenvalue weighted by Crippen LogP contribution is 2.13. The standard InChI is InChI=1S/C11H19N3O4S/c1-4-13-9-5-10(7-12-6-9)19(15,16)14-8-11(17-2)18-3/h5-7,11,13-14H,4,8H2,1-3H3. The molecule has 0 unspecified atom stereocenters. The number of sulfonamides is 1. The average molecular weight is 289 g/mol. The zero-order chi connectivity index (χ0) is 14.3. The van der Waals surface area contributed by atoms with Crippen LogP contribution in [-0.2, 0) is 19.5 Å². The molecular formula is C11H19N3O4S. The van der Waals surface area contributed by atoms with Crippen LogP contribution in [0.1, 0.15) is 6.92 Å². The summed E-state index contributed by atoms with van der Waals surface area (Å²) in [4.78, 5) is 3.99. The third-order valence-electron chi connectivity index (χ3n) is 2.37. The zero-order valence-corrected chi connectivity index (χ0v) is 12.0. The predicted molar refractivity (Wildman–Crippen MR) is 71.4 cm³/mol. The molecule has 108 valence electrons. The van der Waals surface area contributed by atoms with Crippen molar-refractivity contribution in [3.05, 3.63) is 18.5 Å². The van der Waals surface area contributed by atoms with Crippen LogP contribution >= 0.6 is 0 Å². The van der Waals surface area contributed by atoms with Gasteiger partial charge in [0.05, 0.1) is 18.4 Å². The monoisotopic (exact) mass is 289 g/mol. The summed E-state index contributed by atoms with van der Waals surface area (Å²) in [6, 6.07) is 1.52. The number of hydrogen-bond donors (Lipinski definition) is 2. The minimum absolute atomic E-state index is 0.0285. The number of rotatable bonds is 8. The van der Waals surface area contributed by atoms with Crippen molar-refractivity contribution in [1.82, 2.24) is 9.71 Å². The summed E-state index contributed by atoms with van der Waals surface area (Å²) in [6.07, 6.45) is 2.23. The van der Waals surface area contributed by atoms with E-state index in [1.54, 1.807) is 6.20 Å². The van der Waals surface area contributed by atoms with Crippen LogP contribution in [0.4, 0.5) is 5.69 Å². The second kappa shape index (κ2) is 7.39. The van der Waals surface area contributed by atoms with E-state index in [-0.39, 0.29) is 11.4 Å². The summed E-state index contributed by atoms with van der Waals surface area (Å²) in [5, 5.41) is 3.00. The van der Waals surface area contributed by atoms with Gasteiger partial charge in [-0.25, -0.2) is 13.1 Å². The molecule has 19 heavy (non-hydrogen) atoms. The number of pyridine rings is 1. The number of ether oxygens (including phenoxy) is 2. The molecule has 0 spiro atoms. The quantitative estimate of drug-likeness (QED) is 0.674. The van der Waals surface area contributed by atoms with Crippen LogP contribution in [0.25, 0.3) is 0 Å². The van der Waals surface area contributed by atoms with Gasteiger partial charge in [-0.3, -0.25) is 4.98 Å². The van der Waals surface area contributed by atoms with Crippen molar-refractivity contribution in [2.24, 2.45) is 0 Å². The molecule has 0 bridgehead atoms. The molecule has 1 rings (SSSR count). The van der Waals surface area contributed by atoms with Crippen LogP contribution in [0, 0.1) is 0 Å². The number of nitrogens with zero attached hydrogens (tertiary/aromatic N) is 1. The smallest absolute Gasteiger partial charge is 0.242 e. The summed E-state index contributed by atoms with van der Waals surface area (Å²) in [7, 11) is -0.748. The third kappa shape index (κ3) is 4.75. The maximum atomic E-state index is 12.0. The number of methoxy groups -OCH3 is 2. The van der Waals surface area contributed by atoms with Crippen LogP contribution in [-0.4, -0.2) is 47.0 Å². The first-order chi connectivity index (χ1) is 9.03. The molecule has 8 heteroatoms. The van der Waals surface area contributed by atoms with Gasteiger partial charge in [-0.05, 0) is 13.0 Å². The van der Waals surface area contributed by atoms with Crippen molar-refractivity contribution in [2.75, 3.05) is 32.6 Å². The van der Waals surface area contributed by atoms with Gasteiger partial charge >= 0.3 is 0 Å². The lowest BCUT2D eigenvalue weighted by molar-refractivity contribution is -0.0960. The van der Waals surface area contributed by atoms with E-state index in [1.807, 2.05) is 6.92 Å². The molecule has 0 saturated heterocycles. The highest BCUT2D eigenvalue weighted by molar-refractivity contribution is 7.89. The van der Waals surface area contributed by atoms with Crippen LogP contribution in [0.2, 0.25) is 0 Å². The van der Waals surface area contributed by atoms with E-state index in [0.717, 1.165) is 0 Å². The minimum Gasteiger partial charge on any atom is -0.384 e. The largest absolute Gasteiger partial charge is 0.384 e. The highest BCUT2D eigenvalue weighted by Gasteiger charge is 2.17. The molecule has 2 N–H and O–H groups in total. The minimum atomic E-state index is -3.63. The molecule has 0 amide bonds. The Hall–Kier alpha value is -1.22. The lowest BCUT2D eigenvalue weighted by Gasteiger charge is -2.14. The molecule has 0 aliphatic carbocycles. The molecule has 7 nitrogen and oxygen atoms in total. The SMILES string of the molecule is CCNc1cncc(S(=O)(=O)NCC(OC)OC)c1. The Morgan fingerprint density at radius 1 is 1.32 bits per heavy atom. The lowest BCUT2D eigenvalue weighted by atomic mass is 10.4. The maximum Gasteiger partial charge on any atom is 0.242 e. The van der Waals surface area contributed by atoms with Gasteiger partial charge in [-0.2, -0.15) is 0 Å². The van der Waals surface area contributed by atoms with E-state index in [2.05, 4.69) is 15.0 Å². The zero-order valence-electron chi connectivity index (χ0n) is 11.2. The second-order valence-electron chi connectivity index (χ2n) is 3.69. The number of hydrogen-bond acceptors (Lipinski definition) is 6. The summed E-state index contributed by atoms with van der Waals surface area (Å²) in [6.45, 7) is 2.63. The Bertz CT molecular complexity index is 488. The Kier molecular flexibility index (Phi) is 6.16. The van der Waals surface area contributed by atoms with Crippen molar-refractivity contribution in [1.29, 1.82) is 0 Å². The average Bonchev–Trinajstić information content (AvgIpc) is 2.40. The maximum absolute atomic E-state index is 12.0. The summed E-state index contributed by atoms with van der Waals surface area (Å²) in [5.41, 5.74) is 0.653. The molecule has 1 heterocycles. The first-order valence-electron chi connectivity index (χ1n) is 5.77. The van der Waals surface area contributed by atoms with Gasteiger partial charge in [0.2, 0.25) is 10.0 Å². The highest BCUT2D eigenvalue weighted by atomic mass is 32.2. The predicted octanol–water partition coefficient (Wildman–Crippen LogP) is 0.411. The summed E-state index contributed by atoms with van der Waals surface area (Å²) < 4.78 is 36.3. The van der Waals surface area contributed by atoms with Crippen LogP contribution in [0.15, 0.2) is 23.4 Å². The fourth-order valence-corrected chi connectivity index (χ4v) is 2.39. The molecule has 0 radical (unpaired) electrons. The van der Waals surface area contributed by atoms with Gasteiger partial charge in [0, 0.05) is 27.0 Å². The Labute approximate surface area is 113 Å². The van der Waals surface area contributed by atoms with Gasteiger partial charge in [0.15, 0.2) is 6.29 Å². The van der Waals surface area contributed by atoms with Gasteiger partial charge < -0.3 is 14.8 Å². The van der Waals surface area contributed by atoms with E-state index in [9.17, 15) is 8.42 Å². The van der Waals surface area contributed by atoms with E-state index in [0.29, 0.717) is 12.2 Å². The van der Waals surface area contributed by atoms with Gasteiger partial charge in [-0.15, -0.1) is 0 Å². The third-order valence-corrected chi connectivity index (χ3v) is 3.76. The van der Waals surface area contributed by atoms with Crippen LogP contribution in [0.3, 0.4) is 0 Å². The fraction of sp³-hybridized carbons (Fsp3) is 0.545. The molecular weight excluding hydrogens is 270 g/mol. The topological polar surface area (TPSA) is 89.6 Å². The molecule has 0 aliphatic rings. The van der Waals surface area contributed by atoms with Crippen molar-refractivity contribution in [3.63, 3.8) is 0 Å². The Morgan fingerprint density at radius 2 is 2.00 bits per heavy atom. The molecule has 0 atom stereocenters. The van der Waals surface area contributed by atoms with Gasteiger partial charge in [-0.1, -0.05) is 0 Å². The fourth-order valence-electron chi connectivity index (χ4n) is 1.39. The number of nitrogens with one attached hydrogen (secondary N) is 2. The molecule has 1 aromatic heterocycles. The van der Waals surface area contributed by atoms with Gasteiger partial charge in [0.1, 0.15) is 4.90 Å². The van der Waals surface area contributed by atoms with Crippen LogP contribution in [0.5, 0.6) is 0 Å². The number of anilines is 1. The first kappa shape index (κ1) is 15.8. The van der Waals surface area contributed by atoms with E-state index >= 15 is 0 Å². The van der Waals surface area contributed by atoms with Crippen molar-refractivity contribution >= 4 is 15.7 Å². The summed E-state index contributed by atoms with van der Waals surface area (Å²) in [5.74, 6) is 0. The van der Waals surface area contributed by atoms with Gasteiger partial charge in [0.25, 0.3) is 0 Å². The van der Waals surface area contributed by atoms with E-state index in [4.69, 9.17) is 9.47 Å². The number of aromatic nitrogens is 1. The van der Waals surface area contributed by atoms with Crippen molar-refractivity contribution in [3.8, 4) is 0 Å². The second-order valence-corrected chi connectivity index (χ2v) is 5.46. The molecule has 1 aromatic rings. The molecule has 0 saturated carbocycles. The van der Waals surface area contributed by atoms with E-state index in [1.165, 1.54) is 26.5 Å². The van der Waals surface area contributed by atoms with Crippen LogP contribution < -0.4 is 10.0 Å². The van der Waals surface area contributed by atoms with E-state index < -0.39 is 16.3 Å². The first-order valence-corrected chi connectivity index (χ1v) is 7.26. The molecule has 0 fully saturated rings. The van der Waals surface area contributed by atoms with Crippen molar-refractivity contribution in [2.45, 2.75) is 18.1 Å². The molecule has 0 aliphatic heterocycles. The normalized spacial score (nSPS) is 11.8. The lowest BCUT2D eigenvalue weighted by Crippen LogP contribution is -2.34. The Morgan fingerprint density at radius 3 is 2.58 bits per heavy atom. The summed E-state index contributed by atoms with van der Waals surface area (Å²) >= 11 is 0. The van der Waals surface area contributed by atoms with Crippen molar-refractivity contribution < 1.29 is 17.9 Å².